The van der Waals surface area contributed by atoms with Crippen LogP contribution in [-0.4, -0.2) is 54.4 Å². The number of rotatable bonds is 6. The van der Waals surface area contributed by atoms with E-state index in [1.165, 1.54) is 0 Å². The summed E-state index contributed by atoms with van der Waals surface area (Å²) in [6.07, 6.45) is -7.47. The third-order valence-corrected chi connectivity index (χ3v) is 4.46. The van der Waals surface area contributed by atoms with Crippen molar-refractivity contribution in [2.24, 2.45) is 0 Å². The number of alkyl halides is 1. The summed E-state index contributed by atoms with van der Waals surface area (Å²) in [5.41, 5.74) is 1.81. The average Bonchev–Trinajstić information content (AvgIpc) is 2.70. The van der Waals surface area contributed by atoms with Gasteiger partial charge in [-0.15, -0.1) is 0 Å². The summed E-state index contributed by atoms with van der Waals surface area (Å²) in [6, 6.07) is 14.6. The second kappa shape index (κ2) is 8.47. The van der Waals surface area contributed by atoms with Crippen molar-refractivity contribution >= 4 is 6.29 Å². The number of ether oxygens (including phenoxy) is 3. The van der Waals surface area contributed by atoms with Gasteiger partial charge in [-0.05, 0) is 29.3 Å². The molecule has 0 aromatic heterocycles. The van der Waals surface area contributed by atoms with E-state index in [1.54, 1.807) is 19.2 Å². The zero-order chi connectivity index (χ0) is 19.4. The molecule has 0 spiro atoms. The molecule has 6 nitrogen and oxygen atoms in total. The van der Waals surface area contributed by atoms with E-state index in [4.69, 9.17) is 14.2 Å². The first-order valence-electron chi connectivity index (χ1n) is 8.52. The number of para-hydroxylation sites is 1. The highest BCUT2D eigenvalue weighted by Crippen LogP contribution is 2.28. The van der Waals surface area contributed by atoms with E-state index >= 15 is 0 Å². The highest BCUT2D eigenvalue weighted by molar-refractivity contribution is 5.57. The molecule has 0 saturated carbocycles. The average molecular weight is 376 g/mol. The van der Waals surface area contributed by atoms with Crippen LogP contribution < -0.4 is 9.47 Å². The number of hydrogen-bond acceptors (Lipinski definition) is 6. The van der Waals surface area contributed by atoms with Crippen LogP contribution >= 0.6 is 0 Å². The molecule has 5 unspecified atom stereocenters. The first-order chi connectivity index (χ1) is 13.0. The van der Waals surface area contributed by atoms with Gasteiger partial charge in [0.15, 0.2) is 18.6 Å². The molecule has 1 saturated heterocycles. The fourth-order valence-electron chi connectivity index (χ4n) is 2.91. The number of halogens is 1. The second-order valence-electron chi connectivity index (χ2n) is 6.28. The van der Waals surface area contributed by atoms with Crippen molar-refractivity contribution in [3.05, 3.63) is 59.7 Å². The maximum Gasteiger partial charge on any atom is 0.229 e. The van der Waals surface area contributed by atoms with E-state index in [-0.39, 0.29) is 6.29 Å². The Bertz CT molecular complexity index is 765. The van der Waals surface area contributed by atoms with Crippen LogP contribution in [0.25, 0.3) is 0 Å². The molecule has 2 aromatic rings. The number of benzene rings is 2. The van der Waals surface area contributed by atoms with Gasteiger partial charge in [0, 0.05) is 6.42 Å². The van der Waals surface area contributed by atoms with Gasteiger partial charge in [0.1, 0.15) is 23.7 Å². The Morgan fingerprint density at radius 2 is 1.81 bits per heavy atom. The number of aldehydes is 1. The molecule has 1 fully saturated rings. The minimum atomic E-state index is -2.01. The number of hydrogen-bond donors (Lipinski definition) is 2. The molecule has 1 aliphatic rings. The lowest BCUT2D eigenvalue weighted by atomic mass is 10.0. The van der Waals surface area contributed by atoms with Gasteiger partial charge in [0.2, 0.25) is 6.29 Å². The van der Waals surface area contributed by atoms with Crippen LogP contribution in [0.2, 0.25) is 0 Å². The second-order valence-corrected chi connectivity index (χ2v) is 6.28. The Balaban J connectivity index is 1.78. The molecule has 5 atom stereocenters. The molecule has 1 heterocycles. The monoisotopic (exact) mass is 376 g/mol. The van der Waals surface area contributed by atoms with Gasteiger partial charge < -0.3 is 29.2 Å². The van der Waals surface area contributed by atoms with Crippen LogP contribution in [0.4, 0.5) is 4.39 Å². The van der Waals surface area contributed by atoms with Crippen LogP contribution in [0, 0.1) is 0 Å². The van der Waals surface area contributed by atoms with Crippen LogP contribution in [0.15, 0.2) is 48.5 Å². The smallest absolute Gasteiger partial charge is 0.229 e. The van der Waals surface area contributed by atoms with Gasteiger partial charge in [-0.2, -0.15) is 0 Å². The Morgan fingerprint density at radius 1 is 1.11 bits per heavy atom. The highest BCUT2D eigenvalue weighted by Gasteiger charge is 2.46. The summed E-state index contributed by atoms with van der Waals surface area (Å²) in [7, 11) is 1.59. The zero-order valence-electron chi connectivity index (χ0n) is 14.7. The third-order valence-electron chi connectivity index (χ3n) is 4.46. The molecule has 0 radical (unpaired) electrons. The van der Waals surface area contributed by atoms with Crippen molar-refractivity contribution in [3.8, 4) is 11.5 Å². The standard InChI is InChI=1S/C20H21FO6/c1-25-14-8-6-12(7-9-14)10-13-4-2-3-5-15(13)26-20-19(24)18(23)17(21)16(11-22)27-20/h2-9,11,16-20,23-24H,10H2,1H3. The molecule has 0 aliphatic carbocycles. The van der Waals surface area contributed by atoms with Crippen molar-refractivity contribution < 1.29 is 33.6 Å². The molecule has 2 N–H and O–H groups in total. The molecule has 27 heavy (non-hydrogen) atoms. The zero-order valence-corrected chi connectivity index (χ0v) is 14.7. The number of methoxy groups -OCH3 is 1. The van der Waals surface area contributed by atoms with Crippen molar-refractivity contribution in [3.63, 3.8) is 0 Å². The maximum absolute atomic E-state index is 13.8. The molecule has 144 valence electrons. The molecule has 2 aromatic carbocycles. The summed E-state index contributed by atoms with van der Waals surface area (Å²) >= 11 is 0. The Morgan fingerprint density at radius 3 is 2.48 bits per heavy atom. The van der Waals surface area contributed by atoms with E-state index < -0.39 is 30.8 Å². The van der Waals surface area contributed by atoms with Gasteiger partial charge in [-0.25, -0.2) is 4.39 Å². The topological polar surface area (TPSA) is 85.2 Å². The van der Waals surface area contributed by atoms with Crippen LogP contribution in [0.1, 0.15) is 11.1 Å². The number of carbonyl (C=O) groups excluding carboxylic acids is 1. The van der Waals surface area contributed by atoms with Crippen LogP contribution in [0.5, 0.6) is 11.5 Å². The van der Waals surface area contributed by atoms with Gasteiger partial charge in [-0.3, -0.25) is 0 Å². The van der Waals surface area contributed by atoms with Gasteiger partial charge in [0.25, 0.3) is 0 Å². The molecule has 0 amide bonds. The molecule has 0 bridgehead atoms. The van der Waals surface area contributed by atoms with Crippen molar-refractivity contribution in [1.29, 1.82) is 0 Å². The fourth-order valence-corrected chi connectivity index (χ4v) is 2.91. The SMILES string of the molecule is COc1ccc(Cc2ccccc2OC2OC(C=O)C(F)C(O)C2O)cc1. The van der Waals surface area contributed by atoms with Gasteiger partial charge >= 0.3 is 0 Å². The Hall–Kier alpha value is -2.48. The minimum absolute atomic E-state index is 0.249. The van der Waals surface area contributed by atoms with E-state index in [1.807, 2.05) is 36.4 Å². The summed E-state index contributed by atoms with van der Waals surface area (Å²) in [5.74, 6) is 1.16. The number of carbonyl (C=O) groups is 1. The lowest BCUT2D eigenvalue weighted by molar-refractivity contribution is -0.251. The Kier molecular flexibility index (Phi) is 6.05. The quantitative estimate of drug-likeness (QED) is 0.746. The predicted octanol–water partition coefficient (Wildman–Crippen LogP) is 1.65. The molecular formula is C20H21FO6. The minimum Gasteiger partial charge on any atom is -0.497 e. The van der Waals surface area contributed by atoms with Gasteiger partial charge in [-0.1, -0.05) is 30.3 Å². The van der Waals surface area contributed by atoms with E-state index in [9.17, 15) is 19.4 Å². The van der Waals surface area contributed by atoms with Crippen molar-refractivity contribution in [1.82, 2.24) is 0 Å². The largest absolute Gasteiger partial charge is 0.497 e. The molecule has 7 heteroatoms. The van der Waals surface area contributed by atoms with Crippen molar-refractivity contribution in [2.45, 2.75) is 37.2 Å². The third kappa shape index (κ3) is 4.27. The fraction of sp³-hybridized carbons (Fsp3) is 0.350. The number of aliphatic hydroxyl groups excluding tert-OH is 2. The molecule has 1 aliphatic heterocycles. The summed E-state index contributed by atoms with van der Waals surface area (Å²) in [5, 5.41) is 19.8. The first kappa shape index (κ1) is 19.3. The highest BCUT2D eigenvalue weighted by atomic mass is 19.1. The summed E-state index contributed by atoms with van der Waals surface area (Å²) in [4.78, 5) is 11.0. The Labute approximate surface area is 156 Å². The van der Waals surface area contributed by atoms with E-state index in [0.29, 0.717) is 12.2 Å². The van der Waals surface area contributed by atoms with Crippen LogP contribution in [0.3, 0.4) is 0 Å². The lowest BCUT2D eigenvalue weighted by Crippen LogP contribution is -2.58. The van der Waals surface area contributed by atoms with E-state index in [2.05, 4.69) is 0 Å². The predicted molar refractivity (Wildman–Crippen MR) is 94.5 cm³/mol. The molecule has 3 rings (SSSR count). The normalized spacial score (nSPS) is 27.8. The van der Waals surface area contributed by atoms with Crippen LogP contribution in [-0.2, 0) is 16.0 Å². The number of aliphatic hydroxyl groups is 2. The van der Waals surface area contributed by atoms with E-state index in [0.717, 1.165) is 16.9 Å². The van der Waals surface area contributed by atoms with Gasteiger partial charge in [0.05, 0.1) is 7.11 Å². The first-order valence-corrected chi connectivity index (χ1v) is 8.52. The summed E-state index contributed by atoms with van der Waals surface area (Å²) in [6.45, 7) is 0. The molecular weight excluding hydrogens is 355 g/mol. The summed E-state index contributed by atoms with van der Waals surface area (Å²) < 4.78 is 29.8. The lowest BCUT2D eigenvalue weighted by Gasteiger charge is -2.37. The van der Waals surface area contributed by atoms with Crippen molar-refractivity contribution in [2.75, 3.05) is 7.11 Å². The maximum atomic E-state index is 13.8.